The van der Waals surface area contributed by atoms with Gasteiger partial charge in [0.15, 0.2) is 0 Å². The van der Waals surface area contributed by atoms with Crippen molar-refractivity contribution < 1.29 is 14.7 Å². The van der Waals surface area contributed by atoms with E-state index in [9.17, 15) is 9.59 Å². The van der Waals surface area contributed by atoms with Crippen LogP contribution in [0.1, 0.15) is 30.9 Å². The van der Waals surface area contributed by atoms with Gasteiger partial charge >= 0.3 is 6.09 Å². The molecule has 0 spiro atoms. The van der Waals surface area contributed by atoms with E-state index in [4.69, 9.17) is 5.11 Å². The van der Waals surface area contributed by atoms with Crippen LogP contribution in [-0.4, -0.2) is 34.8 Å². The highest BCUT2D eigenvalue weighted by molar-refractivity contribution is 9.10. The van der Waals surface area contributed by atoms with Crippen LogP contribution in [0.2, 0.25) is 0 Å². The molecule has 0 fully saturated rings. The fraction of sp³-hybridized carbons (Fsp3) is 0.333. The Bertz CT molecular complexity index is 812. The fourth-order valence-electron chi connectivity index (χ4n) is 2.73. The lowest BCUT2D eigenvalue weighted by Crippen LogP contribution is -2.24. The minimum absolute atomic E-state index is 0.0365. The molecular formula is C21H25BrN2O3S. The topological polar surface area (TPSA) is 69.6 Å². The minimum Gasteiger partial charge on any atom is -0.465 e. The smallest absolute Gasteiger partial charge is 0.407 e. The molecular weight excluding hydrogens is 440 g/mol. The van der Waals surface area contributed by atoms with Gasteiger partial charge in [-0.25, -0.2) is 4.79 Å². The van der Waals surface area contributed by atoms with Gasteiger partial charge in [0.1, 0.15) is 0 Å². The van der Waals surface area contributed by atoms with Crippen LogP contribution < -0.4 is 5.32 Å². The summed E-state index contributed by atoms with van der Waals surface area (Å²) in [5, 5.41) is 12.1. The van der Waals surface area contributed by atoms with Gasteiger partial charge in [0.05, 0.1) is 0 Å². The third-order valence-electron chi connectivity index (χ3n) is 4.16. The van der Waals surface area contributed by atoms with Crippen molar-refractivity contribution >= 4 is 45.4 Å². The number of thioether (sulfide) groups is 1. The standard InChI is InChI=1S/C21H25BrN2O3S/c1-3-28-19-12-11-18(13-16(19)14-24(2)21(26)27)23-20(25)6-4-5-15-7-9-17(22)10-8-15/h7-13H,3-6,14H2,1-2H3,(H,23,25)(H,26,27). The number of aryl methyl sites for hydroxylation is 1. The van der Waals surface area contributed by atoms with Crippen molar-refractivity contribution in [2.45, 2.75) is 37.6 Å². The number of halogens is 1. The van der Waals surface area contributed by atoms with Gasteiger partial charge < -0.3 is 15.3 Å². The van der Waals surface area contributed by atoms with Gasteiger partial charge in [0.25, 0.3) is 0 Å². The van der Waals surface area contributed by atoms with E-state index >= 15 is 0 Å². The van der Waals surface area contributed by atoms with Gasteiger partial charge in [0.2, 0.25) is 5.91 Å². The van der Waals surface area contributed by atoms with Gasteiger partial charge in [-0.15, -0.1) is 11.8 Å². The molecule has 2 N–H and O–H groups in total. The SMILES string of the molecule is CCSc1ccc(NC(=O)CCCc2ccc(Br)cc2)cc1CN(C)C(=O)O. The molecule has 7 heteroatoms. The van der Waals surface area contributed by atoms with E-state index in [1.807, 2.05) is 30.3 Å². The number of carbonyl (C=O) groups excluding carboxylic acids is 1. The number of amides is 2. The molecule has 2 aromatic carbocycles. The molecule has 28 heavy (non-hydrogen) atoms. The zero-order valence-corrected chi connectivity index (χ0v) is 18.5. The van der Waals surface area contributed by atoms with Crippen molar-refractivity contribution in [3.05, 3.63) is 58.1 Å². The highest BCUT2D eigenvalue weighted by atomic mass is 79.9. The largest absolute Gasteiger partial charge is 0.465 e. The Balaban J connectivity index is 1.94. The number of hydrogen-bond donors (Lipinski definition) is 2. The van der Waals surface area contributed by atoms with Crippen molar-refractivity contribution in [1.29, 1.82) is 0 Å². The molecule has 2 amide bonds. The van der Waals surface area contributed by atoms with Crippen molar-refractivity contribution in [3.63, 3.8) is 0 Å². The number of hydrogen-bond acceptors (Lipinski definition) is 3. The molecule has 0 aliphatic rings. The summed E-state index contributed by atoms with van der Waals surface area (Å²) < 4.78 is 1.04. The minimum atomic E-state index is -0.977. The van der Waals surface area contributed by atoms with Crippen LogP contribution in [0.15, 0.2) is 51.8 Å². The van der Waals surface area contributed by atoms with Crippen molar-refractivity contribution in [1.82, 2.24) is 4.90 Å². The lowest BCUT2D eigenvalue weighted by atomic mass is 10.1. The van der Waals surface area contributed by atoms with Crippen LogP contribution >= 0.6 is 27.7 Å². The zero-order valence-electron chi connectivity index (χ0n) is 16.1. The molecule has 0 radical (unpaired) electrons. The second-order valence-corrected chi connectivity index (χ2v) is 8.64. The van der Waals surface area contributed by atoms with E-state index in [2.05, 4.69) is 40.3 Å². The second-order valence-electron chi connectivity index (χ2n) is 6.42. The number of benzene rings is 2. The first-order chi connectivity index (χ1) is 13.4. The molecule has 2 aromatic rings. The van der Waals surface area contributed by atoms with Crippen LogP contribution in [0.3, 0.4) is 0 Å². The van der Waals surface area contributed by atoms with Crippen molar-refractivity contribution in [3.8, 4) is 0 Å². The molecule has 0 aromatic heterocycles. The van der Waals surface area contributed by atoms with Crippen LogP contribution in [0.25, 0.3) is 0 Å². The lowest BCUT2D eigenvalue weighted by Gasteiger charge is -2.17. The molecule has 2 rings (SSSR count). The van der Waals surface area contributed by atoms with Crippen molar-refractivity contribution in [2.75, 3.05) is 18.1 Å². The van der Waals surface area contributed by atoms with Crippen molar-refractivity contribution in [2.24, 2.45) is 0 Å². The third-order valence-corrected chi connectivity index (χ3v) is 5.69. The van der Waals surface area contributed by atoms with E-state index in [0.717, 1.165) is 33.5 Å². The predicted molar refractivity (Wildman–Crippen MR) is 118 cm³/mol. The predicted octanol–water partition coefficient (Wildman–Crippen LogP) is 5.63. The lowest BCUT2D eigenvalue weighted by molar-refractivity contribution is -0.116. The Morgan fingerprint density at radius 1 is 1.18 bits per heavy atom. The number of nitrogens with zero attached hydrogens (tertiary/aromatic N) is 1. The highest BCUT2D eigenvalue weighted by Gasteiger charge is 2.12. The average Bonchev–Trinajstić information content (AvgIpc) is 2.65. The van der Waals surface area contributed by atoms with Crippen LogP contribution in [-0.2, 0) is 17.8 Å². The fourth-order valence-corrected chi connectivity index (χ4v) is 3.78. The number of nitrogens with one attached hydrogen (secondary N) is 1. The number of carboxylic acid groups (broad SMARTS) is 1. The summed E-state index contributed by atoms with van der Waals surface area (Å²) in [4.78, 5) is 25.7. The maximum atomic E-state index is 12.3. The Morgan fingerprint density at radius 3 is 2.54 bits per heavy atom. The van der Waals surface area contributed by atoms with Gasteiger partial charge in [0, 0.05) is 35.1 Å². The molecule has 0 aliphatic heterocycles. The van der Waals surface area contributed by atoms with E-state index in [1.165, 1.54) is 17.5 Å². The number of carbonyl (C=O) groups is 2. The summed E-state index contributed by atoms with van der Waals surface area (Å²) in [6.07, 6.45) is 1.08. The summed E-state index contributed by atoms with van der Waals surface area (Å²) in [5.41, 5.74) is 2.79. The number of anilines is 1. The monoisotopic (exact) mass is 464 g/mol. The van der Waals surface area contributed by atoms with Gasteiger partial charge in [-0.1, -0.05) is 35.0 Å². The number of rotatable bonds is 9. The van der Waals surface area contributed by atoms with E-state index < -0.39 is 6.09 Å². The Hall–Kier alpha value is -1.99. The van der Waals surface area contributed by atoms with E-state index in [0.29, 0.717) is 12.1 Å². The quantitative estimate of drug-likeness (QED) is 0.471. The molecule has 0 saturated heterocycles. The van der Waals surface area contributed by atoms with Crippen LogP contribution in [0.5, 0.6) is 0 Å². The Labute approximate surface area is 178 Å². The molecule has 0 bridgehead atoms. The van der Waals surface area contributed by atoms with Gasteiger partial charge in [-0.05, 0) is 60.1 Å². The molecule has 5 nitrogen and oxygen atoms in total. The summed E-state index contributed by atoms with van der Waals surface area (Å²) in [7, 11) is 1.54. The summed E-state index contributed by atoms with van der Waals surface area (Å²) in [6.45, 7) is 2.33. The first kappa shape index (κ1) is 22.3. The maximum Gasteiger partial charge on any atom is 0.407 e. The van der Waals surface area contributed by atoms with Crippen LogP contribution in [0, 0.1) is 0 Å². The molecule has 0 aliphatic carbocycles. The summed E-state index contributed by atoms with van der Waals surface area (Å²) >= 11 is 5.08. The molecule has 0 heterocycles. The summed E-state index contributed by atoms with van der Waals surface area (Å²) in [6, 6.07) is 13.8. The zero-order chi connectivity index (χ0) is 20.5. The molecule has 150 valence electrons. The Kier molecular flexibility index (Phi) is 8.86. The third kappa shape index (κ3) is 7.20. The first-order valence-corrected chi connectivity index (χ1v) is 10.9. The molecule has 0 saturated carbocycles. The normalized spacial score (nSPS) is 10.5. The second kappa shape index (κ2) is 11.1. The first-order valence-electron chi connectivity index (χ1n) is 9.13. The molecule has 0 unspecified atom stereocenters. The van der Waals surface area contributed by atoms with Gasteiger partial charge in [-0.2, -0.15) is 0 Å². The highest BCUT2D eigenvalue weighted by Crippen LogP contribution is 2.27. The van der Waals surface area contributed by atoms with Crippen LogP contribution in [0.4, 0.5) is 10.5 Å². The van der Waals surface area contributed by atoms with Gasteiger partial charge in [-0.3, -0.25) is 4.79 Å². The summed E-state index contributed by atoms with van der Waals surface area (Å²) in [5.74, 6) is 0.858. The van der Waals surface area contributed by atoms with E-state index in [1.54, 1.807) is 11.8 Å². The maximum absolute atomic E-state index is 12.3. The van der Waals surface area contributed by atoms with E-state index in [-0.39, 0.29) is 12.5 Å². The Morgan fingerprint density at radius 2 is 1.89 bits per heavy atom. The molecule has 0 atom stereocenters. The average molecular weight is 465 g/mol.